The number of rotatable bonds is 2. The van der Waals surface area contributed by atoms with E-state index in [0.29, 0.717) is 15.9 Å². The lowest BCUT2D eigenvalue weighted by atomic mass is 10.2. The minimum Gasteiger partial charge on any atom is -0.497 e. The van der Waals surface area contributed by atoms with E-state index < -0.39 is 0 Å². The van der Waals surface area contributed by atoms with Gasteiger partial charge < -0.3 is 10.5 Å². The van der Waals surface area contributed by atoms with Gasteiger partial charge in [-0.05, 0) is 34.2 Å². The van der Waals surface area contributed by atoms with E-state index >= 15 is 0 Å². The van der Waals surface area contributed by atoms with Gasteiger partial charge in [0.15, 0.2) is 0 Å². The van der Waals surface area contributed by atoms with Gasteiger partial charge >= 0.3 is 0 Å². The first-order valence-electron chi connectivity index (χ1n) is 3.41. The molecular formula is C8H9FINO. The Bertz CT molecular complexity index is 291. The summed E-state index contributed by atoms with van der Waals surface area (Å²) in [6.45, 7) is 0.326. The van der Waals surface area contributed by atoms with E-state index in [1.54, 1.807) is 6.07 Å². The SMILES string of the molecule is COc1cc(F)c(I)c(CN)c1. The van der Waals surface area contributed by atoms with Crippen LogP contribution in [0.2, 0.25) is 0 Å². The summed E-state index contributed by atoms with van der Waals surface area (Å²) in [5.74, 6) is 0.226. The second-order valence-corrected chi connectivity index (χ2v) is 3.37. The zero-order valence-corrected chi connectivity index (χ0v) is 8.76. The van der Waals surface area contributed by atoms with Crippen LogP contribution < -0.4 is 10.5 Å². The van der Waals surface area contributed by atoms with Gasteiger partial charge in [-0.1, -0.05) is 0 Å². The maximum Gasteiger partial charge on any atom is 0.140 e. The first-order valence-corrected chi connectivity index (χ1v) is 4.49. The Balaban J connectivity index is 3.19. The van der Waals surface area contributed by atoms with Crippen LogP contribution in [0.15, 0.2) is 12.1 Å². The Kier molecular flexibility index (Phi) is 3.28. The van der Waals surface area contributed by atoms with E-state index in [0.717, 1.165) is 5.56 Å². The number of ether oxygens (including phenoxy) is 1. The molecule has 0 saturated carbocycles. The van der Waals surface area contributed by atoms with Gasteiger partial charge in [-0.3, -0.25) is 0 Å². The van der Waals surface area contributed by atoms with Gasteiger partial charge in [0.1, 0.15) is 11.6 Å². The average molecular weight is 281 g/mol. The number of methoxy groups -OCH3 is 1. The molecule has 0 amide bonds. The third-order valence-electron chi connectivity index (χ3n) is 1.53. The monoisotopic (exact) mass is 281 g/mol. The summed E-state index contributed by atoms with van der Waals surface area (Å²) >= 11 is 1.93. The molecule has 1 aromatic rings. The Hall–Kier alpha value is -0.360. The molecule has 0 saturated heterocycles. The van der Waals surface area contributed by atoms with Crippen LogP contribution >= 0.6 is 22.6 Å². The molecule has 0 aliphatic rings. The summed E-state index contributed by atoms with van der Waals surface area (Å²) in [4.78, 5) is 0. The third kappa shape index (κ3) is 1.87. The van der Waals surface area contributed by atoms with Gasteiger partial charge in [-0.25, -0.2) is 4.39 Å². The molecule has 0 aromatic heterocycles. The zero-order chi connectivity index (χ0) is 9.14. The Morgan fingerprint density at radius 3 is 2.75 bits per heavy atom. The van der Waals surface area contributed by atoms with Gasteiger partial charge in [0.25, 0.3) is 0 Å². The standard InChI is InChI=1S/C8H9FINO/c1-12-6-2-5(4-11)8(10)7(9)3-6/h2-3H,4,11H2,1H3. The van der Waals surface area contributed by atoms with Crippen molar-refractivity contribution in [2.75, 3.05) is 7.11 Å². The van der Waals surface area contributed by atoms with Crippen LogP contribution in [-0.4, -0.2) is 7.11 Å². The molecule has 2 nitrogen and oxygen atoms in total. The van der Waals surface area contributed by atoms with Crippen LogP contribution in [-0.2, 0) is 6.54 Å². The van der Waals surface area contributed by atoms with Crippen molar-refractivity contribution >= 4 is 22.6 Å². The summed E-state index contributed by atoms with van der Waals surface area (Å²) < 4.78 is 18.5. The molecular weight excluding hydrogens is 272 g/mol. The fourth-order valence-electron chi connectivity index (χ4n) is 0.885. The van der Waals surface area contributed by atoms with Gasteiger partial charge in [0.05, 0.1) is 10.7 Å². The minimum absolute atomic E-state index is 0.282. The molecule has 0 atom stereocenters. The number of benzene rings is 1. The molecule has 0 heterocycles. The summed E-state index contributed by atoms with van der Waals surface area (Å²) in [5, 5.41) is 0. The van der Waals surface area contributed by atoms with Gasteiger partial charge in [0, 0.05) is 12.6 Å². The van der Waals surface area contributed by atoms with Crippen molar-refractivity contribution in [3.05, 3.63) is 27.1 Å². The maximum atomic E-state index is 13.1. The zero-order valence-electron chi connectivity index (χ0n) is 6.60. The van der Waals surface area contributed by atoms with Gasteiger partial charge in [0.2, 0.25) is 0 Å². The molecule has 1 aromatic carbocycles. The summed E-state index contributed by atoms with van der Waals surface area (Å²) in [6.07, 6.45) is 0. The third-order valence-corrected chi connectivity index (χ3v) is 2.74. The average Bonchev–Trinajstić information content (AvgIpc) is 2.09. The molecule has 2 N–H and O–H groups in total. The summed E-state index contributed by atoms with van der Waals surface area (Å²) in [6, 6.07) is 3.09. The van der Waals surface area contributed by atoms with Crippen LogP contribution in [0.5, 0.6) is 5.75 Å². The predicted octanol–water partition coefficient (Wildman–Crippen LogP) is 1.90. The van der Waals surface area contributed by atoms with E-state index in [-0.39, 0.29) is 5.82 Å². The number of hydrogen-bond donors (Lipinski definition) is 1. The van der Waals surface area contributed by atoms with E-state index in [1.807, 2.05) is 22.6 Å². The van der Waals surface area contributed by atoms with Crippen molar-refractivity contribution in [1.29, 1.82) is 0 Å². The molecule has 0 radical (unpaired) electrons. The normalized spacial score (nSPS) is 10.0. The Morgan fingerprint density at radius 1 is 1.58 bits per heavy atom. The highest BCUT2D eigenvalue weighted by molar-refractivity contribution is 14.1. The van der Waals surface area contributed by atoms with Crippen molar-refractivity contribution in [3.8, 4) is 5.75 Å². The summed E-state index contributed by atoms with van der Waals surface area (Å²) in [5.41, 5.74) is 6.19. The van der Waals surface area contributed by atoms with Crippen molar-refractivity contribution in [3.63, 3.8) is 0 Å². The van der Waals surface area contributed by atoms with E-state index in [9.17, 15) is 4.39 Å². The predicted molar refractivity (Wildman–Crippen MR) is 53.6 cm³/mol. The van der Waals surface area contributed by atoms with Crippen LogP contribution in [0.4, 0.5) is 4.39 Å². The first kappa shape index (κ1) is 9.73. The molecule has 0 aliphatic heterocycles. The molecule has 12 heavy (non-hydrogen) atoms. The van der Waals surface area contributed by atoms with Crippen molar-refractivity contribution in [2.24, 2.45) is 5.73 Å². The van der Waals surface area contributed by atoms with E-state index in [1.165, 1.54) is 13.2 Å². The summed E-state index contributed by atoms with van der Waals surface area (Å²) in [7, 11) is 1.50. The van der Waals surface area contributed by atoms with Crippen LogP contribution in [0.1, 0.15) is 5.56 Å². The maximum absolute atomic E-state index is 13.1. The second-order valence-electron chi connectivity index (χ2n) is 2.29. The molecule has 0 aliphatic carbocycles. The van der Waals surface area contributed by atoms with Gasteiger partial charge in [-0.15, -0.1) is 0 Å². The largest absolute Gasteiger partial charge is 0.497 e. The number of halogens is 2. The Morgan fingerprint density at radius 2 is 2.25 bits per heavy atom. The fourth-order valence-corrected chi connectivity index (χ4v) is 1.42. The Labute approximate surface area is 84.0 Å². The number of hydrogen-bond acceptors (Lipinski definition) is 2. The van der Waals surface area contributed by atoms with Crippen LogP contribution in [0, 0.1) is 9.39 Å². The van der Waals surface area contributed by atoms with Gasteiger partial charge in [-0.2, -0.15) is 0 Å². The highest BCUT2D eigenvalue weighted by atomic mass is 127. The van der Waals surface area contributed by atoms with E-state index in [2.05, 4.69) is 0 Å². The van der Waals surface area contributed by atoms with Crippen LogP contribution in [0.3, 0.4) is 0 Å². The lowest BCUT2D eigenvalue weighted by Gasteiger charge is -2.05. The highest BCUT2D eigenvalue weighted by Gasteiger charge is 2.06. The smallest absolute Gasteiger partial charge is 0.140 e. The molecule has 1 rings (SSSR count). The lowest BCUT2D eigenvalue weighted by molar-refractivity contribution is 0.410. The minimum atomic E-state index is -0.282. The molecule has 0 unspecified atom stereocenters. The van der Waals surface area contributed by atoms with Crippen LogP contribution in [0.25, 0.3) is 0 Å². The van der Waals surface area contributed by atoms with Crippen molar-refractivity contribution in [2.45, 2.75) is 6.54 Å². The molecule has 0 spiro atoms. The van der Waals surface area contributed by atoms with Crippen molar-refractivity contribution < 1.29 is 9.13 Å². The molecule has 0 bridgehead atoms. The second kappa shape index (κ2) is 4.04. The molecule has 66 valence electrons. The quantitative estimate of drug-likeness (QED) is 0.840. The molecule has 0 fully saturated rings. The van der Waals surface area contributed by atoms with Crippen molar-refractivity contribution in [1.82, 2.24) is 0 Å². The number of nitrogens with two attached hydrogens (primary N) is 1. The fraction of sp³-hybridized carbons (Fsp3) is 0.250. The first-order chi connectivity index (χ1) is 5.69. The lowest BCUT2D eigenvalue weighted by Crippen LogP contribution is -2.01. The van der Waals surface area contributed by atoms with E-state index in [4.69, 9.17) is 10.5 Å². The molecule has 4 heteroatoms. The topological polar surface area (TPSA) is 35.2 Å². The highest BCUT2D eigenvalue weighted by Crippen LogP contribution is 2.22.